The van der Waals surface area contributed by atoms with E-state index in [9.17, 15) is 4.79 Å². The molecule has 0 atom stereocenters. The highest BCUT2D eigenvalue weighted by molar-refractivity contribution is 5.92. The monoisotopic (exact) mass is 294 g/mol. The first-order valence-corrected chi connectivity index (χ1v) is 6.88. The van der Waals surface area contributed by atoms with Crippen molar-refractivity contribution in [1.29, 1.82) is 0 Å². The minimum absolute atomic E-state index is 0.383. The van der Waals surface area contributed by atoms with Gasteiger partial charge < -0.3 is 24.0 Å². The number of carbonyl (C=O) groups is 1. The van der Waals surface area contributed by atoms with Crippen molar-refractivity contribution in [2.75, 3.05) is 59.5 Å². The van der Waals surface area contributed by atoms with E-state index in [1.54, 1.807) is 26.4 Å². The Labute approximate surface area is 125 Å². The van der Waals surface area contributed by atoms with Gasteiger partial charge in [0.25, 0.3) is 0 Å². The van der Waals surface area contributed by atoms with Crippen LogP contribution in [0, 0.1) is 0 Å². The van der Waals surface area contributed by atoms with Crippen molar-refractivity contribution in [2.45, 2.75) is 0 Å². The third-order valence-electron chi connectivity index (χ3n) is 3.72. The van der Waals surface area contributed by atoms with Crippen LogP contribution >= 0.6 is 0 Å². The molecule has 6 heteroatoms. The van der Waals surface area contributed by atoms with Crippen molar-refractivity contribution in [2.24, 2.45) is 0 Å². The molecule has 0 unspecified atom stereocenters. The Kier molecular flexibility index (Phi) is 4.90. The van der Waals surface area contributed by atoms with E-state index in [1.807, 2.05) is 0 Å². The summed E-state index contributed by atoms with van der Waals surface area (Å²) in [5.41, 5.74) is 1.33. The molecule has 0 radical (unpaired) electrons. The molecule has 6 nitrogen and oxygen atoms in total. The van der Waals surface area contributed by atoms with E-state index in [4.69, 9.17) is 14.2 Å². The van der Waals surface area contributed by atoms with E-state index in [1.165, 1.54) is 7.11 Å². The van der Waals surface area contributed by atoms with Gasteiger partial charge in [-0.05, 0) is 19.2 Å². The molecule has 0 bridgehead atoms. The highest BCUT2D eigenvalue weighted by Crippen LogP contribution is 2.39. The summed E-state index contributed by atoms with van der Waals surface area (Å²) in [5.74, 6) is 0.801. The standard InChI is InChI=1S/C15H22N2O4/c1-16-5-7-17(8-6-16)12-9-11(15(18)21-4)10-13(19-2)14(12)20-3/h9-10H,5-8H2,1-4H3. The van der Waals surface area contributed by atoms with Crippen molar-refractivity contribution >= 4 is 11.7 Å². The van der Waals surface area contributed by atoms with E-state index < -0.39 is 0 Å². The number of rotatable bonds is 4. The predicted molar refractivity (Wildman–Crippen MR) is 80.6 cm³/mol. The molecule has 1 aliphatic rings. The molecule has 0 N–H and O–H groups in total. The van der Waals surface area contributed by atoms with Crippen LogP contribution in [0.5, 0.6) is 11.5 Å². The van der Waals surface area contributed by atoms with Gasteiger partial charge in [0.1, 0.15) is 0 Å². The van der Waals surface area contributed by atoms with Crippen LogP contribution < -0.4 is 14.4 Å². The number of esters is 1. The number of hydrogen-bond donors (Lipinski definition) is 0. The smallest absolute Gasteiger partial charge is 0.338 e. The maximum atomic E-state index is 11.8. The molecule has 2 rings (SSSR count). The quantitative estimate of drug-likeness (QED) is 0.779. The molecule has 0 spiro atoms. The van der Waals surface area contributed by atoms with Crippen LogP contribution in [0.15, 0.2) is 12.1 Å². The maximum absolute atomic E-state index is 11.8. The molecule has 0 aromatic heterocycles. The first-order chi connectivity index (χ1) is 10.1. The van der Waals surface area contributed by atoms with Crippen LogP contribution in [0.4, 0.5) is 5.69 Å². The van der Waals surface area contributed by atoms with Crippen molar-refractivity contribution in [3.63, 3.8) is 0 Å². The lowest BCUT2D eigenvalue weighted by Gasteiger charge is -2.35. The number of benzene rings is 1. The Morgan fingerprint density at radius 2 is 1.71 bits per heavy atom. The topological polar surface area (TPSA) is 51.2 Å². The van der Waals surface area contributed by atoms with E-state index in [-0.39, 0.29) is 5.97 Å². The number of anilines is 1. The Hall–Kier alpha value is -1.95. The van der Waals surface area contributed by atoms with Crippen LogP contribution in [0.25, 0.3) is 0 Å². The van der Waals surface area contributed by atoms with Gasteiger partial charge in [-0.25, -0.2) is 4.79 Å². The number of methoxy groups -OCH3 is 3. The Bertz CT molecular complexity index is 511. The second-order valence-corrected chi connectivity index (χ2v) is 5.01. The zero-order valence-electron chi connectivity index (χ0n) is 13.0. The summed E-state index contributed by atoms with van der Waals surface area (Å²) in [7, 11) is 6.64. The minimum Gasteiger partial charge on any atom is -0.493 e. The Morgan fingerprint density at radius 1 is 1.05 bits per heavy atom. The van der Waals surface area contributed by atoms with Crippen LogP contribution in [-0.2, 0) is 4.74 Å². The molecule has 21 heavy (non-hydrogen) atoms. The van der Waals surface area contributed by atoms with Gasteiger partial charge >= 0.3 is 5.97 Å². The van der Waals surface area contributed by atoms with Crippen LogP contribution in [0.2, 0.25) is 0 Å². The predicted octanol–water partition coefficient (Wildman–Crippen LogP) is 1.24. The SMILES string of the molecule is COC(=O)c1cc(OC)c(OC)c(N2CCN(C)CC2)c1. The van der Waals surface area contributed by atoms with Gasteiger partial charge in [-0.3, -0.25) is 0 Å². The van der Waals surface area contributed by atoms with Crippen LogP contribution in [0.3, 0.4) is 0 Å². The maximum Gasteiger partial charge on any atom is 0.338 e. The lowest BCUT2D eigenvalue weighted by molar-refractivity contribution is 0.0600. The molecule has 1 saturated heterocycles. The van der Waals surface area contributed by atoms with E-state index in [2.05, 4.69) is 16.8 Å². The van der Waals surface area contributed by atoms with Gasteiger partial charge in [0.05, 0.1) is 32.6 Å². The number of hydrogen-bond acceptors (Lipinski definition) is 6. The summed E-state index contributed by atoms with van der Waals surface area (Å²) in [6.45, 7) is 3.68. The zero-order valence-corrected chi connectivity index (χ0v) is 13.0. The van der Waals surface area contributed by atoms with E-state index >= 15 is 0 Å². The van der Waals surface area contributed by atoms with Gasteiger partial charge in [-0.15, -0.1) is 0 Å². The fraction of sp³-hybridized carbons (Fsp3) is 0.533. The first-order valence-electron chi connectivity index (χ1n) is 6.88. The van der Waals surface area contributed by atoms with Gasteiger partial charge in [0.15, 0.2) is 11.5 Å². The van der Waals surface area contributed by atoms with E-state index in [0.29, 0.717) is 17.1 Å². The Balaban J connectivity index is 2.43. The zero-order chi connectivity index (χ0) is 15.4. The molecule has 1 heterocycles. The van der Waals surface area contributed by atoms with Crippen molar-refractivity contribution in [3.8, 4) is 11.5 Å². The highest BCUT2D eigenvalue weighted by atomic mass is 16.5. The molecule has 116 valence electrons. The third kappa shape index (κ3) is 3.21. The Morgan fingerprint density at radius 3 is 2.24 bits per heavy atom. The molecule has 1 aromatic rings. The number of nitrogens with zero attached hydrogens (tertiary/aromatic N) is 2. The fourth-order valence-corrected chi connectivity index (χ4v) is 2.46. The normalized spacial score (nSPS) is 15.7. The summed E-state index contributed by atoms with van der Waals surface area (Å²) in [6.07, 6.45) is 0. The molecular formula is C15H22N2O4. The largest absolute Gasteiger partial charge is 0.493 e. The number of carbonyl (C=O) groups excluding carboxylic acids is 1. The lowest BCUT2D eigenvalue weighted by Crippen LogP contribution is -2.44. The van der Waals surface area contributed by atoms with Gasteiger partial charge in [0.2, 0.25) is 0 Å². The van der Waals surface area contributed by atoms with Gasteiger partial charge in [-0.2, -0.15) is 0 Å². The fourth-order valence-electron chi connectivity index (χ4n) is 2.46. The average Bonchev–Trinajstić information content (AvgIpc) is 2.53. The summed E-state index contributed by atoms with van der Waals surface area (Å²) < 4.78 is 15.6. The number of ether oxygens (including phenoxy) is 3. The minimum atomic E-state index is -0.383. The molecule has 1 fully saturated rings. The van der Waals surface area contributed by atoms with E-state index in [0.717, 1.165) is 31.9 Å². The number of likely N-dealkylation sites (N-methyl/N-ethyl adjacent to an activating group) is 1. The van der Waals surface area contributed by atoms with Crippen molar-refractivity contribution in [3.05, 3.63) is 17.7 Å². The summed E-state index contributed by atoms with van der Waals surface area (Å²) in [6, 6.07) is 3.45. The third-order valence-corrected chi connectivity index (χ3v) is 3.72. The van der Waals surface area contributed by atoms with Crippen LogP contribution in [0.1, 0.15) is 10.4 Å². The summed E-state index contributed by atoms with van der Waals surface area (Å²) in [5, 5.41) is 0. The molecule has 0 saturated carbocycles. The highest BCUT2D eigenvalue weighted by Gasteiger charge is 2.23. The molecular weight excluding hydrogens is 272 g/mol. The second-order valence-electron chi connectivity index (χ2n) is 5.01. The lowest BCUT2D eigenvalue weighted by atomic mass is 10.1. The van der Waals surface area contributed by atoms with Crippen LogP contribution in [-0.4, -0.2) is 65.4 Å². The molecule has 0 amide bonds. The van der Waals surface area contributed by atoms with Gasteiger partial charge in [0, 0.05) is 26.2 Å². The first kappa shape index (κ1) is 15.4. The number of piperazine rings is 1. The molecule has 0 aliphatic carbocycles. The summed E-state index contributed by atoms with van der Waals surface area (Å²) in [4.78, 5) is 16.3. The molecule has 1 aromatic carbocycles. The van der Waals surface area contributed by atoms with Gasteiger partial charge in [-0.1, -0.05) is 0 Å². The summed E-state index contributed by atoms with van der Waals surface area (Å²) >= 11 is 0. The van der Waals surface area contributed by atoms with Crippen molar-refractivity contribution in [1.82, 2.24) is 4.90 Å². The average molecular weight is 294 g/mol. The second kappa shape index (κ2) is 6.67. The van der Waals surface area contributed by atoms with Crippen molar-refractivity contribution < 1.29 is 19.0 Å². The molecule has 1 aliphatic heterocycles.